The van der Waals surface area contributed by atoms with E-state index in [-0.39, 0.29) is 12.5 Å². The van der Waals surface area contributed by atoms with Crippen molar-refractivity contribution < 1.29 is 9.53 Å². The molecule has 0 aromatic rings. The zero-order valence-corrected chi connectivity index (χ0v) is 9.55. The van der Waals surface area contributed by atoms with Gasteiger partial charge in [0.15, 0.2) is 0 Å². The van der Waals surface area contributed by atoms with Gasteiger partial charge in [-0.2, -0.15) is 0 Å². The Kier molecular flexibility index (Phi) is 6.36. The Morgan fingerprint density at radius 1 is 1.60 bits per heavy atom. The highest BCUT2D eigenvalue weighted by atomic mass is 16.5. The maximum Gasteiger partial charge on any atom is 0.245 e. The first-order valence-electron chi connectivity index (χ1n) is 5.88. The summed E-state index contributed by atoms with van der Waals surface area (Å²) in [6.45, 7) is 5.91. The van der Waals surface area contributed by atoms with Gasteiger partial charge in [0.05, 0.1) is 0 Å². The first-order valence-corrected chi connectivity index (χ1v) is 5.88. The quantitative estimate of drug-likeness (QED) is 0.608. The highest BCUT2D eigenvalue weighted by Crippen LogP contribution is 2.10. The number of nitrogens with one attached hydrogen (secondary N) is 2. The highest BCUT2D eigenvalue weighted by Gasteiger charge is 2.13. The predicted octanol–water partition coefficient (Wildman–Crippen LogP) is 0.529. The van der Waals surface area contributed by atoms with E-state index in [4.69, 9.17) is 4.74 Å². The van der Waals surface area contributed by atoms with Crippen molar-refractivity contribution in [3.8, 4) is 0 Å². The molecule has 1 aliphatic heterocycles. The first-order chi connectivity index (χ1) is 7.33. The average Bonchev–Trinajstić information content (AvgIpc) is 2.71. The summed E-state index contributed by atoms with van der Waals surface area (Å²) in [5, 5.41) is 6.19. The predicted molar refractivity (Wildman–Crippen MR) is 59.7 cm³/mol. The van der Waals surface area contributed by atoms with Gasteiger partial charge in [0.2, 0.25) is 5.91 Å². The van der Waals surface area contributed by atoms with Crippen molar-refractivity contribution >= 4 is 5.91 Å². The lowest BCUT2D eigenvalue weighted by molar-refractivity contribution is -0.125. The van der Waals surface area contributed by atoms with Crippen molar-refractivity contribution in [3.63, 3.8) is 0 Å². The summed E-state index contributed by atoms with van der Waals surface area (Å²) < 4.78 is 5.14. The van der Waals surface area contributed by atoms with Crippen molar-refractivity contribution in [2.75, 3.05) is 32.8 Å². The van der Waals surface area contributed by atoms with Crippen LogP contribution in [0, 0.1) is 5.92 Å². The highest BCUT2D eigenvalue weighted by molar-refractivity contribution is 5.77. The van der Waals surface area contributed by atoms with Crippen LogP contribution in [0.3, 0.4) is 0 Å². The second-order valence-electron chi connectivity index (χ2n) is 4.05. The van der Waals surface area contributed by atoms with Crippen LogP contribution >= 0.6 is 0 Å². The molecule has 1 rings (SSSR count). The van der Waals surface area contributed by atoms with Crippen molar-refractivity contribution in [2.24, 2.45) is 5.92 Å². The molecule has 0 saturated carbocycles. The van der Waals surface area contributed by atoms with E-state index in [2.05, 4.69) is 10.6 Å². The van der Waals surface area contributed by atoms with Crippen LogP contribution in [0.1, 0.15) is 26.2 Å². The van der Waals surface area contributed by atoms with E-state index in [0.29, 0.717) is 6.61 Å². The SMILES string of the molecule is CCCOCC(=O)NCCC1CCNC1. The van der Waals surface area contributed by atoms with E-state index in [0.717, 1.165) is 38.4 Å². The molecule has 15 heavy (non-hydrogen) atoms. The van der Waals surface area contributed by atoms with E-state index in [1.165, 1.54) is 6.42 Å². The fourth-order valence-corrected chi connectivity index (χ4v) is 1.74. The minimum absolute atomic E-state index is 0.00871. The van der Waals surface area contributed by atoms with Crippen LogP contribution in [0.5, 0.6) is 0 Å². The average molecular weight is 214 g/mol. The number of carbonyl (C=O) groups excluding carboxylic acids is 1. The summed E-state index contributed by atoms with van der Waals surface area (Å²) >= 11 is 0. The van der Waals surface area contributed by atoms with Gasteiger partial charge in [0.1, 0.15) is 6.61 Å². The molecule has 1 unspecified atom stereocenters. The number of hydrogen-bond acceptors (Lipinski definition) is 3. The monoisotopic (exact) mass is 214 g/mol. The molecule has 1 fully saturated rings. The Balaban J connectivity index is 1.91. The lowest BCUT2D eigenvalue weighted by Gasteiger charge is -2.09. The fourth-order valence-electron chi connectivity index (χ4n) is 1.74. The zero-order valence-electron chi connectivity index (χ0n) is 9.55. The second kappa shape index (κ2) is 7.65. The number of carbonyl (C=O) groups is 1. The Morgan fingerprint density at radius 2 is 2.47 bits per heavy atom. The Hall–Kier alpha value is -0.610. The van der Waals surface area contributed by atoms with E-state index in [9.17, 15) is 4.79 Å². The van der Waals surface area contributed by atoms with Crippen LogP contribution in [-0.4, -0.2) is 38.8 Å². The Bertz CT molecular complexity index is 179. The van der Waals surface area contributed by atoms with Crippen LogP contribution < -0.4 is 10.6 Å². The topological polar surface area (TPSA) is 50.4 Å². The molecule has 1 atom stereocenters. The molecule has 0 aromatic heterocycles. The number of rotatable bonds is 7. The van der Waals surface area contributed by atoms with E-state index < -0.39 is 0 Å². The minimum atomic E-state index is 0.00871. The third-order valence-corrected chi connectivity index (χ3v) is 2.62. The summed E-state index contributed by atoms with van der Waals surface area (Å²) in [5.41, 5.74) is 0. The third kappa shape index (κ3) is 5.74. The summed E-state index contributed by atoms with van der Waals surface area (Å²) in [6.07, 6.45) is 3.27. The molecule has 0 bridgehead atoms. The molecular formula is C11H22N2O2. The molecule has 0 aliphatic carbocycles. The van der Waals surface area contributed by atoms with Gasteiger partial charge >= 0.3 is 0 Å². The molecule has 88 valence electrons. The lowest BCUT2D eigenvalue weighted by Crippen LogP contribution is -2.29. The molecular weight excluding hydrogens is 192 g/mol. The summed E-state index contributed by atoms with van der Waals surface area (Å²) in [6, 6.07) is 0. The molecule has 4 heteroatoms. The largest absolute Gasteiger partial charge is 0.372 e. The van der Waals surface area contributed by atoms with Gasteiger partial charge in [-0.1, -0.05) is 6.92 Å². The zero-order chi connectivity index (χ0) is 10.9. The van der Waals surface area contributed by atoms with Crippen molar-refractivity contribution in [1.29, 1.82) is 0 Å². The smallest absolute Gasteiger partial charge is 0.245 e. The van der Waals surface area contributed by atoms with Crippen LogP contribution in [-0.2, 0) is 9.53 Å². The summed E-state index contributed by atoms with van der Waals surface area (Å²) in [5.74, 6) is 0.747. The molecule has 1 heterocycles. The van der Waals surface area contributed by atoms with Crippen molar-refractivity contribution in [3.05, 3.63) is 0 Å². The van der Waals surface area contributed by atoms with E-state index >= 15 is 0 Å². The number of hydrogen-bond donors (Lipinski definition) is 2. The second-order valence-corrected chi connectivity index (χ2v) is 4.05. The van der Waals surface area contributed by atoms with E-state index in [1.54, 1.807) is 0 Å². The molecule has 2 N–H and O–H groups in total. The maximum absolute atomic E-state index is 11.2. The number of ether oxygens (including phenoxy) is 1. The fraction of sp³-hybridized carbons (Fsp3) is 0.909. The first kappa shape index (κ1) is 12.5. The van der Waals surface area contributed by atoms with Crippen LogP contribution in [0.4, 0.5) is 0 Å². The minimum Gasteiger partial charge on any atom is -0.372 e. The van der Waals surface area contributed by atoms with Gasteiger partial charge in [0.25, 0.3) is 0 Å². The van der Waals surface area contributed by atoms with E-state index in [1.807, 2.05) is 6.92 Å². The van der Waals surface area contributed by atoms with Crippen LogP contribution in [0.25, 0.3) is 0 Å². The molecule has 0 spiro atoms. The maximum atomic E-state index is 11.2. The van der Waals surface area contributed by atoms with Gasteiger partial charge < -0.3 is 15.4 Å². The number of amides is 1. The van der Waals surface area contributed by atoms with Crippen molar-refractivity contribution in [2.45, 2.75) is 26.2 Å². The standard InChI is InChI=1S/C11H22N2O2/c1-2-7-15-9-11(14)13-6-4-10-3-5-12-8-10/h10,12H,2-9H2,1H3,(H,13,14). The van der Waals surface area contributed by atoms with Gasteiger partial charge in [-0.25, -0.2) is 0 Å². The third-order valence-electron chi connectivity index (χ3n) is 2.62. The summed E-state index contributed by atoms with van der Waals surface area (Å²) in [7, 11) is 0. The molecule has 1 saturated heterocycles. The van der Waals surface area contributed by atoms with Crippen molar-refractivity contribution in [1.82, 2.24) is 10.6 Å². The Morgan fingerprint density at radius 3 is 3.13 bits per heavy atom. The molecule has 0 radical (unpaired) electrons. The molecule has 0 aromatic carbocycles. The van der Waals surface area contributed by atoms with Gasteiger partial charge in [0, 0.05) is 13.2 Å². The molecule has 4 nitrogen and oxygen atoms in total. The molecule has 1 amide bonds. The lowest BCUT2D eigenvalue weighted by atomic mass is 10.1. The van der Waals surface area contributed by atoms with Gasteiger partial charge in [-0.3, -0.25) is 4.79 Å². The van der Waals surface area contributed by atoms with Gasteiger partial charge in [-0.15, -0.1) is 0 Å². The van der Waals surface area contributed by atoms with Gasteiger partial charge in [-0.05, 0) is 38.3 Å². The Labute approximate surface area is 91.8 Å². The normalized spacial score (nSPS) is 20.5. The van der Waals surface area contributed by atoms with Crippen LogP contribution in [0.2, 0.25) is 0 Å². The van der Waals surface area contributed by atoms with Crippen LogP contribution in [0.15, 0.2) is 0 Å². The summed E-state index contributed by atoms with van der Waals surface area (Å²) in [4.78, 5) is 11.2. The molecule has 1 aliphatic rings.